The van der Waals surface area contributed by atoms with Crippen molar-refractivity contribution in [2.24, 2.45) is 0 Å². The van der Waals surface area contributed by atoms with E-state index in [4.69, 9.17) is 0 Å². The van der Waals surface area contributed by atoms with Gasteiger partial charge in [0.2, 0.25) is 5.91 Å². The Labute approximate surface area is 96.0 Å². The lowest BCUT2D eigenvalue weighted by atomic mass is 10.1. The number of nitrogens with zero attached hydrogens (tertiary/aromatic N) is 1. The molecule has 88 valence electrons. The number of allylic oxidation sites excluding steroid dienone is 3. The smallest absolute Gasteiger partial charge is 0.221 e. The van der Waals surface area contributed by atoms with Crippen molar-refractivity contribution in [2.45, 2.75) is 27.2 Å². The molecule has 1 amide bonds. The first-order valence-electron chi connectivity index (χ1n) is 5.56. The summed E-state index contributed by atoms with van der Waals surface area (Å²) in [5.74, 6) is -0.00597. The van der Waals surface area contributed by atoms with Gasteiger partial charge in [-0.05, 0) is 19.9 Å². The van der Waals surface area contributed by atoms with Crippen LogP contribution in [0.1, 0.15) is 27.2 Å². The van der Waals surface area contributed by atoms with Crippen LogP contribution in [0.15, 0.2) is 23.5 Å². The number of carbonyl (C=O) groups excluding carboxylic acids is 2. The average Bonchev–Trinajstić information content (AvgIpc) is 2.23. The van der Waals surface area contributed by atoms with Gasteiger partial charge in [-0.25, -0.2) is 0 Å². The monoisotopic (exact) mass is 222 g/mol. The third-order valence-corrected chi connectivity index (χ3v) is 2.51. The normalized spacial score (nSPS) is 15.3. The number of hydrogen-bond acceptors (Lipinski definition) is 3. The number of carbonyl (C=O) groups is 2. The molecule has 0 heterocycles. The van der Waals surface area contributed by atoms with E-state index in [9.17, 15) is 9.59 Å². The molecule has 4 nitrogen and oxygen atoms in total. The minimum absolute atomic E-state index is 0.109. The van der Waals surface area contributed by atoms with Crippen LogP contribution in [-0.2, 0) is 9.59 Å². The van der Waals surface area contributed by atoms with Gasteiger partial charge in [0.15, 0.2) is 5.78 Å². The Morgan fingerprint density at radius 2 is 2.06 bits per heavy atom. The maximum Gasteiger partial charge on any atom is 0.221 e. The summed E-state index contributed by atoms with van der Waals surface area (Å²) in [6.45, 7) is 7.06. The average molecular weight is 222 g/mol. The molecular formula is C12H18N2O2. The first-order valence-corrected chi connectivity index (χ1v) is 5.56. The zero-order valence-corrected chi connectivity index (χ0v) is 10.0. The Hall–Kier alpha value is -1.58. The number of likely N-dealkylation sites (N-methyl/N-ethyl adjacent to an activating group) is 1. The van der Waals surface area contributed by atoms with E-state index in [1.807, 2.05) is 18.7 Å². The molecule has 0 radical (unpaired) electrons. The predicted octanol–water partition coefficient (Wildman–Crippen LogP) is 1.20. The van der Waals surface area contributed by atoms with E-state index in [1.54, 1.807) is 12.2 Å². The molecule has 0 aromatic rings. The number of amides is 1. The zero-order chi connectivity index (χ0) is 12.1. The van der Waals surface area contributed by atoms with Gasteiger partial charge in [0.25, 0.3) is 0 Å². The quantitative estimate of drug-likeness (QED) is 0.777. The molecule has 0 bridgehead atoms. The second kappa shape index (κ2) is 5.49. The third kappa shape index (κ3) is 2.95. The summed E-state index contributed by atoms with van der Waals surface area (Å²) in [7, 11) is 0. The first-order chi connectivity index (χ1) is 7.58. The summed E-state index contributed by atoms with van der Waals surface area (Å²) >= 11 is 0. The molecule has 0 aromatic carbocycles. The molecule has 0 spiro atoms. The molecule has 0 atom stereocenters. The molecule has 0 saturated heterocycles. The molecule has 1 N–H and O–H groups in total. The lowest BCUT2D eigenvalue weighted by molar-refractivity contribution is -0.119. The maximum atomic E-state index is 11.7. The molecule has 0 fully saturated rings. The fraction of sp³-hybridized carbons (Fsp3) is 0.500. The summed E-state index contributed by atoms with van der Waals surface area (Å²) in [6.07, 6.45) is 3.86. The maximum absolute atomic E-state index is 11.7. The molecule has 4 heteroatoms. The topological polar surface area (TPSA) is 49.4 Å². The molecule has 1 aliphatic rings. The van der Waals surface area contributed by atoms with Gasteiger partial charge in [-0.15, -0.1) is 0 Å². The van der Waals surface area contributed by atoms with Crippen molar-refractivity contribution < 1.29 is 9.59 Å². The van der Waals surface area contributed by atoms with Crippen LogP contribution in [0, 0.1) is 0 Å². The van der Waals surface area contributed by atoms with E-state index >= 15 is 0 Å². The molecule has 16 heavy (non-hydrogen) atoms. The van der Waals surface area contributed by atoms with Crippen LogP contribution in [-0.4, -0.2) is 29.7 Å². The van der Waals surface area contributed by atoms with Gasteiger partial charge in [-0.3, -0.25) is 9.59 Å². The minimum atomic E-state index is -0.115. The van der Waals surface area contributed by atoms with Crippen LogP contribution in [0.3, 0.4) is 0 Å². The van der Waals surface area contributed by atoms with Gasteiger partial charge in [0.1, 0.15) is 0 Å². The Balaban J connectivity index is 2.87. The number of ketones is 1. The molecule has 1 aliphatic carbocycles. The van der Waals surface area contributed by atoms with Crippen LogP contribution < -0.4 is 5.32 Å². The lowest BCUT2D eigenvalue weighted by Gasteiger charge is -2.25. The Morgan fingerprint density at radius 3 is 2.56 bits per heavy atom. The molecule has 1 rings (SSSR count). The number of nitrogens with one attached hydrogen (secondary N) is 1. The Morgan fingerprint density at radius 1 is 1.44 bits per heavy atom. The van der Waals surface area contributed by atoms with Crippen LogP contribution in [0.2, 0.25) is 0 Å². The van der Waals surface area contributed by atoms with Gasteiger partial charge in [-0.1, -0.05) is 6.08 Å². The van der Waals surface area contributed by atoms with Gasteiger partial charge in [-0.2, -0.15) is 0 Å². The van der Waals surface area contributed by atoms with E-state index in [-0.39, 0.29) is 11.7 Å². The fourth-order valence-corrected chi connectivity index (χ4v) is 1.72. The Kier molecular flexibility index (Phi) is 4.28. The largest absolute Gasteiger partial charge is 0.369 e. The first kappa shape index (κ1) is 12.5. The molecule has 0 aromatic heterocycles. The summed E-state index contributed by atoms with van der Waals surface area (Å²) in [4.78, 5) is 24.6. The van der Waals surface area contributed by atoms with Crippen molar-refractivity contribution >= 4 is 11.7 Å². The van der Waals surface area contributed by atoms with E-state index in [2.05, 4.69) is 5.32 Å². The van der Waals surface area contributed by atoms with E-state index in [0.717, 1.165) is 13.1 Å². The van der Waals surface area contributed by atoms with Crippen molar-refractivity contribution in [2.75, 3.05) is 13.1 Å². The van der Waals surface area contributed by atoms with E-state index in [0.29, 0.717) is 17.8 Å². The van der Waals surface area contributed by atoms with Crippen molar-refractivity contribution in [3.05, 3.63) is 23.5 Å². The van der Waals surface area contributed by atoms with Crippen LogP contribution >= 0.6 is 0 Å². The minimum Gasteiger partial charge on any atom is -0.369 e. The van der Waals surface area contributed by atoms with Gasteiger partial charge >= 0.3 is 0 Å². The predicted molar refractivity (Wildman–Crippen MR) is 62.5 cm³/mol. The van der Waals surface area contributed by atoms with Crippen molar-refractivity contribution in [3.8, 4) is 0 Å². The van der Waals surface area contributed by atoms with E-state index in [1.165, 1.54) is 6.92 Å². The number of rotatable bonds is 4. The van der Waals surface area contributed by atoms with Crippen LogP contribution in [0.4, 0.5) is 0 Å². The lowest BCUT2D eigenvalue weighted by Crippen LogP contribution is -2.30. The fourth-order valence-electron chi connectivity index (χ4n) is 1.72. The van der Waals surface area contributed by atoms with Crippen molar-refractivity contribution in [1.82, 2.24) is 10.2 Å². The summed E-state index contributed by atoms with van der Waals surface area (Å²) in [5.41, 5.74) is 1.41. The highest BCUT2D eigenvalue weighted by molar-refractivity contribution is 5.97. The number of hydrogen-bond donors (Lipinski definition) is 1. The van der Waals surface area contributed by atoms with Crippen LogP contribution in [0.25, 0.3) is 0 Å². The van der Waals surface area contributed by atoms with Crippen molar-refractivity contribution in [1.29, 1.82) is 0 Å². The summed E-state index contributed by atoms with van der Waals surface area (Å²) < 4.78 is 0. The molecule has 0 saturated carbocycles. The van der Waals surface area contributed by atoms with E-state index < -0.39 is 0 Å². The number of Topliss-reactive ketones (excluding diaryl/α,β-unsaturated/α-hetero) is 1. The molecule has 0 aliphatic heterocycles. The third-order valence-electron chi connectivity index (χ3n) is 2.51. The summed E-state index contributed by atoms with van der Waals surface area (Å²) in [5, 5.41) is 2.70. The SMILES string of the molecule is CCN(CC)C1=CC(NC(C)=O)=CCC1=O. The van der Waals surface area contributed by atoms with Gasteiger partial charge in [0.05, 0.1) is 5.70 Å². The van der Waals surface area contributed by atoms with Crippen LogP contribution in [0.5, 0.6) is 0 Å². The van der Waals surface area contributed by atoms with Gasteiger partial charge < -0.3 is 10.2 Å². The highest BCUT2D eigenvalue weighted by atomic mass is 16.1. The molecule has 0 unspecified atom stereocenters. The highest BCUT2D eigenvalue weighted by Gasteiger charge is 2.18. The van der Waals surface area contributed by atoms with Crippen molar-refractivity contribution in [3.63, 3.8) is 0 Å². The standard InChI is InChI=1S/C12H18N2O2/c1-4-14(5-2)11-8-10(13-9(3)15)6-7-12(11)16/h6,8H,4-5,7H2,1-3H3,(H,13,15). The van der Waals surface area contributed by atoms with Gasteiger partial charge in [0, 0.05) is 32.1 Å². The Bertz CT molecular complexity index is 352. The summed E-state index contributed by atoms with van der Waals surface area (Å²) in [6, 6.07) is 0. The molecular weight excluding hydrogens is 204 g/mol. The highest BCUT2D eigenvalue weighted by Crippen LogP contribution is 2.16. The zero-order valence-electron chi connectivity index (χ0n) is 10.0. The second-order valence-electron chi connectivity index (χ2n) is 3.67. The second-order valence-corrected chi connectivity index (χ2v) is 3.67.